The highest BCUT2D eigenvalue weighted by Crippen LogP contribution is 2.45. The van der Waals surface area contributed by atoms with Crippen LogP contribution in [0.25, 0.3) is 38.6 Å². The number of anilines is 2. The molecule has 0 spiro atoms. The lowest BCUT2D eigenvalue weighted by Crippen LogP contribution is -2.34. The van der Waals surface area contributed by atoms with Gasteiger partial charge in [-0.1, -0.05) is 6.07 Å². The molecule has 2 unspecified atom stereocenters. The maximum absolute atomic E-state index is 15.5. The summed E-state index contributed by atoms with van der Waals surface area (Å²) in [5.41, 5.74) is 3.10. The Morgan fingerprint density at radius 3 is 2.65 bits per heavy atom. The van der Waals surface area contributed by atoms with Crippen molar-refractivity contribution in [3.8, 4) is 11.1 Å². The molecule has 0 saturated carbocycles. The molecule has 250 valence electrons. The van der Waals surface area contributed by atoms with Gasteiger partial charge >= 0.3 is 12.1 Å². The van der Waals surface area contributed by atoms with Crippen molar-refractivity contribution in [1.29, 1.82) is 0 Å². The van der Waals surface area contributed by atoms with Gasteiger partial charge in [-0.3, -0.25) is 14.1 Å². The molecule has 48 heavy (non-hydrogen) atoms. The molecule has 2 saturated heterocycles. The molecule has 2 aliphatic rings. The average molecular weight is 655 g/mol. The van der Waals surface area contributed by atoms with Crippen molar-refractivity contribution >= 4 is 50.9 Å². The minimum Gasteiger partial charge on any atom is -0.462 e. The van der Waals surface area contributed by atoms with E-state index in [-0.39, 0.29) is 12.2 Å². The van der Waals surface area contributed by atoms with Crippen molar-refractivity contribution in [2.75, 3.05) is 50.1 Å². The van der Waals surface area contributed by atoms with E-state index >= 15 is 4.39 Å². The van der Waals surface area contributed by atoms with Crippen LogP contribution >= 0.6 is 0 Å². The van der Waals surface area contributed by atoms with Gasteiger partial charge in [-0.15, -0.1) is 0 Å². The van der Waals surface area contributed by atoms with Gasteiger partial charge in [-0.05, 0) is 84.0 Å². The van der Waals surface area contributed by atoms with Crippen LogP contribution in [-0.2, 0) is 9.47 Å². The lowest BCUT2D eigenvalue weighted by atomic mass is 10.0. The van der Waals surface area contributed by atoms with Gasteiger partial charge in [0.1, 0.15) is 22.6 Å². The molecule has 0 aliphatic carbocycles. The molecule has 0 bridgehead atoms. The first-order chi connectivity index (χ1) is 22.8. The zero-order valence-corrected chi connectivity index (χ0v) is 28.0. The Morgan fingerprint density at radius 1 is 1.15 bits per heavy atom. The molecular formula is C36H39FN6O5. The summed E-state index contributed by atoms with van der Waals surface area (Å²) in [6.07, 6.45) is 3.95. The summed E-state index contributed by atoms with van der Waals surface area (Å²) in [6.45, 7) is 9.79. The summed E-state index contributed by atoms with van der Waals surface area (Å²) in [4.78, 5) is 53.4. The molecule has 1 aromatic carbocycles. The van der Waals surface area contributed by atoms with Crippen LogP contribution in [0.3, 0.4) is 0 Å². The van der Waals surface area contributed by atoms with Crippen LogP contribution in [0, 0.1) is 11.7 Å². The number of fused-ring (bicyclic) bond motifs is 5. The van der Waals surface area contributed by atoms with Gasteiger partial charge in [-0.25, -0.2) is 19.0 Å². The number of halogens is 1. The lowest BCUT2D eigenvalue weighted by Gasteiger charge is -2.26. The average Bonchev–Trinajstić information content (AvgIpc) is 3.73. The topological polar surface area (TPSA) is 112 Å². The zero-order valence-electron chi connectivity index (χ0n) is 28.0. The van der Waals surface area contributed by atoms with Crippen LogP contribution in [0.5, 0.6) is 0 Å². The third-order valence-electron chi connectivity index (χ3n) is 9.47. The first-order valence-corrected chi connectivity index (χ1v) is 16.2. The fraction of sp³-hybridized carbons (Fsp3) is 0.389. The second kappa shape index (κ2) is 11.6. The molecule has 5 aromatic rings. The third-order valence-corrected chi connectivity index (χ3v) is 9.47. The number of benzene rings is 1. The van der Waals surface area contributed by atoms with Crippen molar-refractivity contribution in [2.45, 2.75) is 45.8 Å². The van der Waals surface area contributed by atoms with E-state index in [0.717, 1.165) is 42.7 Å². The first kappa shape index (κ1) is 31.6. The molecule has 1 amide bonds. The lowest BCUT2D eigenvalue weighted by molar-refractivity contribution is 0.0522. The normalized spacial score (nSPS) is 18.2. The molecule has 1 N–H and O–H groups in total. The van der Waals surface area contributed by atoms with Gasteiger partial charge in [-0.2, -0.15) is 0 Å². The van der Waals surface area contributed by atoms with Crippen LogP contribution in [0.1, 0.15) is 44.5 Å². The van der Waals surface area contributed by atoms with Crippen molar-refractivity contribution in [3.63, 3.8) is 0 Å². The van der Waals surface area contributed by atoms with E-state index in [4.69, 9.17) is 14.5 Å². The molecule has 7 rings (SSSR count). The monoisotopic (exact) mass is 654 g/mol. The van der Waals surface area contributed by atoms with Crippen LogP contribution in [0.4, 0.5) is 20.6 Å². The zero-order chi connectivity index (χ0) is 34.1. The Bertz CT molecular complexity index is 2170. The van der Waals surface area contributed by atoms with Gasteiger partial charge in [0.05, 0.1) is 28.9 Å². The molecular weight excluding hydrogens is 615 g/mol. The number of carbonyl (C=O) groups excluding carboxylic acids is 2. The smallest absolute Gasteiger partial charge is 0.414 e. The number of hydrogen-bond donors (Lipinski definition) is 1. The predicted octanol–water partition coefficient (Wildman–Crippen LogP) is 5.82. The number of nitrogens with zero attached hydrogens (tertiary/aromatic N) is 5. The SMILES string of the molecule is CCOC(=O)c1ccc2ccc(-c3cnc4[nH]c5c(N(C)C(=O)OC(C)(C)C)cc(F)cc5c4c3N3CC4CCN(C)C4C3)cn2c1=O. The number of esters is 1. The van der Waals surface area contributed by atoms with Crippen molar-refractivity contribution < 1.29 is 23.5 Å². The number of pyridine rings is 3. The Balaban J connectivity index is 1.45. The van der Waals surface area contributed by atoms with Crippen LogP contribution in [0.2, 0.25) is 0 Å². The van der Waals surface area contributed by atoms with Crippen LogP contribution in [0.15, 0.2) is 53.6 Å². The van der Waals surface area contributed by atoms with Crippen LogP contribution in [-0.4, -0.2) is 83.3 Å². The first-order valence-electron chi connectivity index (χ1n) is 16.2. The molecule has 2 aliphatic heterocycles. The maximum atomic E-state index is 15.5. The second-order valence-corrected chi connectivity index (χ2v) is 13.7. The van der Waals surface area contributed by atoms with Gasteiger partial charge in [0, 0.05) is 60.6 Å². The number of ether oxygens (including phenoxy) is 2. The standard InChI is InChI=1S/C36H39FN6O5/c1-7-47-34(45)24-11-10-23-9-8-20(18-43(23)33(24)44)26-16-38-32-29(31(26)42-17-21-12-13-40(5)28(21)19-42)25-14-22(37)15-27(30(25)39-32)41(6)35(46)48-36(2,3)4/h8-11,14-16,18,21,28H,7,12-13,17,19H2,1-6H3,(H,38,39). The number of amides is 1. The number of aromatic amines is 1. The van der Waals surface area contributed by atoms with Crippen molar-refractivity contribution in [2.24, 2.45) is 5.92 Å². The molecule has 6 heterocycles. The van der Waals surface area contributed by atoms with E-state index in [9.17, 15) is 14.4 Å². The van der Waals surface area contributed by atoms with E-state index in [1.54, 1.807) is 53.2 Å². The molecule has 12 heteroatoms. The summed E-state index contributed by atoms with van der Waals surface area (Å²) < 4.78 is 27.7. The van der Waals surface area contributed by atoms with E-state index in [2.05, 4.69) is 21.8 Å². The van der Waals surface area contributed by atoms with Crippen molar-refractivity contribution in [3.05, 3.63) is 70.5 Å². The van der Waals surface area contributed by atoms with E-state index in [0.29, 0.717) is 45.3 Å². The largest absolute Gasteiger partial charge is 0.462 e. The highest BCUT2D eigenvalue weighted by atomic mass is 19.1. The number of aromatic nitrogens is 3. The summed E-state index contributed by atoms with van der Waals surface area (Å²) in [7, 11) is 3.70. The fourth-order valence-corrected chi connectivity index (χ4v) is 7.20. The number of hydrogen-bond acceptors (Lipinski definition) is 8. The highest BCUT2D eigenvalue weighted by molar-refractivity contribution is 6.18. The molecule has 2 atom stereocenters. The molecule has 4 aromatic heterocycles. The predicted molar refractivity (Wildman–Crippen MR) is 184 cm³/mol. The molecule has 0 radical (unpaired) electrons. The third kappa shape index (κ3) is 5.33. The Hall–Kier alpha value is -4.97. The van der Waals surface area contributed by atoms with Gasteiger partial charge in [0.15, 0.2) is 0 Å². The number of H-pyrrole nitrogens is 1. The Morgan fingerprint density at radius 2 is 1.92 bits per heavy atom. The summed E-state index contributed by atoms with van der Waals surface area (Å²) in [5, 5.41) is 1.30. The number of nitrogens with one attached hydrogen (secondary N) is 1. The van der Waals surface area contributed by atoms with Gasteiger partial charge in [0.2, 0.25) is 0 Å². The van der Waals surface area contributed by atoms with Crippen LogP contribution < -0.4 is 15.4 Å². The number of likely N-dealkylation sites (tertiary alicyclic amines) is 1. The Labute approximate surface area is 276 Å². The quantitative estimate of drug-likeness (QED) is 0.236. The van der Waals surface area contributed by atoms with Gasteiger partial charge in [0.25, 0.3) is 5.56 Å². The van der Waals surface area contributed by atoms with E-state index < -0.39 is 29.0 Å². The minimum atomic E-state index is -0.734. The fourth-order valence-electron chi connectivity index (χ4n) is 7.20. The van der Waals surface area contributed by atoms with E-state index in [1.165, 1.54) is 27.5 Å². The summed E-state index contributed by atoms with van der Waals surface area (Å²) in [5.74, 6) is -0.716. The van der Waals surface area contributed by atoms with Gasteiger partial charge < -0.3 is 24.3 Å². The number of rotatable bonds is 5. The minimum absolute atomic E-state index is 0.0514. The summed E-state index contributed by atoms with van der Waals surface area (Å²) in [6, 6.07) is 10.1. The number of carbonyl (C=O) groups is 2. The molecule has 11 nitrogen and oxygen atoms in total. The summed E-state index contributed by atoms with van der Waals surface area (Å²) >= 11 is 0. The highest BCUT2D eigenvalue weighted by Gasteiger charge is 2.41. The molecule has 2 fully saturated rings. The number of likely N-dealkylation sites (N-methyl/N-ethyl adjacent to an activating group) is 1. The van der Waals surface area contributed by atoms with E-state index in [1.807, 2.05) is 12.1 Å². The Kier molecular flexibility index (Phi) is 7.66. The van der Waals surface area contributed by atoms with Crippen molar-refractivity contribution in [1.82, 2.24) is 19.3 Å². The second-order valence-electron chi connectivity index (χ2n) is 13.7. The maximum Gasteiger partial charge on any atom is 0.414 e.